The fourth-order valence-corrected chi connectivity index (χ4v) is 3.90. The van der Waals surface area contributed by atoms with Crippen LogP contribution in [-0.2, 0) is 6.42 Å². The summed E-state index contributed by atoms with van der Waals surface area (Å²) in [6, 6.07) is 9.38. The number of benzene rings is 2. The van der Waals surface area contributed by atoms with Gasteiger partial charge in [-0.3, -0.25) is 4.79 Å². The number of β-amino-alcohol motifs (C(OH)–C–C–N with tert-alkyl or cyclic N) is 1. The first-order valence-corrected chi connectivity index (χ1v) is 9.79. The van der Waals surface area contributed by atoms with E-state index in [1.54, 1.807) is 24.3 Å². The van der Waals surface area contributed by atoms with Crippen molar-refractivity contribution in [2.24, 2.45) is 11.7 Å². The Bertz CT molecular complexity index is 849. The van der Waals surface area contributed by atoms with E-state index in [0.717, 1.165) is 43.5 Å². The van der Waals surface area contributed by atoms with Crippen LogP contribution >= 0.6 is 0 Å². The lowest BCUT2D eigenvalue weighted by Crippen LogP contribution is -2.37. The summed E-state index contributed by atoms with van der Waals surface area (Å²) in [7, 11) is 1.51. The van der Waals surface area contributed by atoms with E-state index in [1.807, 2.05) is 0 Å². The van der Waals surface area contributed by atoms with E-state index in [-0.39, 0.29) is 5.82 Å². The van der Waals surface area contributed by atoms with Crippen LogP contribution in [-0.4, -0.2) is 42.7 Å². The highest BCUT2D eigenvalue weighted by Gasteiger charge is 2.23. The summed E-state index contributed by atoms with van der Waals surface area (Å²) in [4.78, 5) is 13.7. The lowest BCUT2D eigenvalue weighted by atomic mass is 9.88. The van der Waals surface area contributed by atoms with E-state index in [2.05, 4.69) is 4.90 Å². The Balaban J connectivity index is 1.56. The molecule has 1 aliphatic heterocycles. The van der Waals surface area contributed by atoms with Gasteiger partial charge in [0.05, 0.1) is 18.8 Å². The standard InChI is InChI=1S/C22H28FN3O3/c1-29-21-11-16(19(24)12-18(21)22(25)28)10-14-6-8-26(9-7-14)13-20(27)15-2-4-17(23)5-3-15/h2-5,11-12,14,20,27H,6-10,13,24H2,1H3,(H2,25,28). The summed E-state index contributed by atoms with van der Waals surface area (Å²) in [5.74, 6) is 0.0388. The molecule has 0 radical (unpaired) electrons. The number of likely N-dealkylation sites (tertiary alicyclic amines) is 1. The SMILES string of the molecule is COc1cc(CC2CCN(CC(O)c3ccc(F)cc3)CC2)c(N)cc1C(N)=O. The van der Waals surface area contributed by atoms with Crippen molar-refractivity contribution >= 4 is 11.6 Å². The Morgan fingerprint density at radius 2 is 1.93 bits per heavy atom. The van der Waals surface area contributed by atoms with Crippen molar-refractivity contribution in [2.45, 2.75) is 25.4 Å². The fourth-order valence-electron chi connectivity index (χ4n) is 3.90. The number of nitrogen functional groups attached to an aromatic ring is 1. The molecule has 1 amide bonds. The average Bonchev–Trinajstić information content (AvgIpc) is 2.71. The molecule has 0 aliphatic carbocycles. The molecule has 6 nitrogen and oxygen atoms in total. The zero-order valence-electron chi connectivity index (χ0n) is 16.6. The zero-order chi connectivity index (χ0) is 21.0. The van der Waals surface area contributed by atoms with Gasteiger partial charge in [-0.15, -0.1) is 0 Å². The molecule has 2 aromatic carbocycles. The number of hydrogen-bond donors (Lipinski definition) is 3. The van der Waals surface area contributed by atoms with Crippen molar-refractivity contribution in [1.29, 1.82) is 0 Å². The summed E-state index contributed by atoms with van der Waals surface area (Å²) in [6.07, 6.45) is 2.13. The van der Waals surface area contributed by atoms with Gasteiger partial charge < -0.3 is 26.2 Å². The Morgan fingerprint density at radius 3 is 2.52 bits per heavy atom. The van der Waals surface area contributed by atoms with Crippen molar-refractivity contribution in [3.8, 4) is 5.75 Å². The molecule has 156 valence electrons. The van der Waals surface area contributed by atoms with Crippen LogP contribution < -0.4 is 16.2 Å². The van der Waals surface area contributed by atoms with Crippen molar-refractivity contribution in [3.63, 3.8) is 0 Å². The summed E-state index contributed by atoms with van der Waals surface area (Å²) in [6.45, 7) is 2.28. The predicted molar refractivity (Wildman–Crippen MR) is 110 cm³/mol. The summed E-state index contributed by atoms with van der Waals surface area (Å²) < 4.78 is 18.3. The summed E-state index contributed by atoms with van der Waals surface area (Å²) in [5, 5.41) is 10.4. The third kappa shape index (κ3) is 5.25. The Kier molecular flexibility index (Phi) is 6.71. The maximum Gasteiger partial charge on any atom is 0.252 e. The molecule has 0 aromatic heterocycles. The minimum atomic E-state index is -0.631. The second-order valence-corrected chi connectivity index (χ2v) is 7.63. The highest BCUT2D eigenvalue weighted by atomic mass is 19.1. The van der Waals surface area contributed by atoms with Crippen molar-refractivity contribution in [1.82, 2.24) is 4.90 Å². The molecule has 1 saturated heterocycles. The van der Waals surface area contributed by atoms with Gasteiger partial charge >= 0.3 is 0 Å². The van der Waals surface area contributed by atoms with Crippen LogP contribution in [0.5, 0.6) is 5.75 Å². The number of anilines is 1. The third-order valence-corrected chi connectivity index (χ3v) is 5.63. The van der Waals surface area contributed by atoms with Gasteiger partial charge in [0, 0.05) is 12.2 Å². The maximum atomic E-state index is 13.0. The number of piperidine rings is 1. The molecule has 1 heterocycles. The molecule has 1 fully saturated rings. The number of nitrogens with zero attached hydrogens (tertiary/aromatic N) is 1. The van der Waals surface area contributed by atoms with Crippen LogP contribution in [0.3, 0.4) is 0 Å². The number of rotatable bonds is 7. The van der Waals surface area contributed by atoms with Gasteiger partial charge in [-0.2, -0.15) is 0 Å². The van der Waals surface area contributed by atoms with Crippen molar-refractivity contribution < 1.29 is 19.0 Å². The molecule has 29 heavy (non-hydrogen) atoms. The van der Waals surface area contributed by atoms with Crippen LogP contribution in [0.2, 0.25) is 0 Å². The van der Waals surface area contributed by atoms with E-state index >= 15 is 0 Å². The minimum Gasteiger partial charge on any atom is -0.496 e. The van der Waals surface area contributed by atoms with Crippen LogP contribution in [0.4, 0.5) is 10.1 Å². The maximum absolute atomic E-state index is 13.0. The minimum absolute atomic E-state index is 0.290. The summed E-state index contributed by atoms with van der Waals surface area (Å²) >= 11 is 0. The predicted octanol–water partition coefficient (Wildman–Crippen LogP) is 2.50. The molecule has 7 heteroatoms. The van der Waals surface area contributed by atoms with Gasteiger partial charge in [0.2, 0.25) is 0 Å². The lowest BCUT2D eigenvalue weighted by Gasteiger charge is -2.33. The quantitative estimate of drug-likeness (QED) is 0.619. The first-order chi connectivity index (χ1) is 13.9. The molecule has 0 bridgehead atoms. The second kappa shape index (κ2) is 9.24. The molecule has 1 atom stereocenters. The number of primary amides is 1. The number of aliphatic hydroxyl groups is 1. The molecule has 0 spiro atoms. The molecule has 3 rings (SSSR count). The Morgan fingerprint density at radius 1 is 1.28 bits per heavy atom. The molecule has 2 aromatic rings. The number of carbonyl (C=O) groups is 1. The molecule has 1 unspecified atom stereocenters. The fraction of sp³-hybridized carbons (Fsp3) is 0.409. The Hall–Kier alpha value is -2.64. The number of nitrogens with two attached hydrogens (primary N) is 2. The molecule has 0 saturated carbocycles. The van der Waals surface area contributed by atoms with Crippen LogP contribution in [0.25, 0.3) is 0 Å². The van der Waals surface area contributed by atoms with E-state index < -0.39 is 12.0 Å². The number of ether oxygens (including phenoxy) is 1. The molecule has 5 N–H and O–H groups in total. The van der Waals surface area contributed by atoms with E-state index in [4.69, 9.17) is 16.2 Å². The van der Waals surface area contributed by atoms with E-state index in [9.17, 15) is 14.3 Å². The molecule has 1 aliphatic rings. The largest absolute Gasteiger partial charge is 0.496 e. The van der Waals surface area contributed by atoms with E-state index in [0.29, 0.717) is 29.5 Å². The number of amides is 1. The summed E-state index contributed by atoms with van der Waals surface area (Å²) in [5.41, 5.74) is 14.0. The zero-order valence-corrected chi connectivity index (χ0v) is 16.6. The van der Waals surface area contributed by atoms with Gasteiger partial charge in [0.15, 0.2) is 0 Å². The highest BCUT2D eigenvalue weighted by Crippen LogP contribution is 2.30. The van der Waals surface area contributed by atoms with Gasteiger partial charge in [-0.25, -0.2) is 4.39 Å². The van der Waals surface area contributed by atoms with Gasteiger partial charge in [0.25, 0.3) is 5.91 Å². The van der Waals surface area contributed by atoms with E-state index in [1.165, 1.54) is 19.2 Å². The van der Waals surface area contributed by atoms with Gasteiger partial charge in [-0.05, 0) is 73.7 Å². The number of carbonyl (C=O) groups excluding carboxylic acids is 1. The smallest absolute Gasteiger partial charge is 0.252 e. The monoisotopic (exact) mass is 401 g/mol. The molecular formula is C22H28FN3O3. The normalized spacial score (nSPS) is 16.5. The van der Waals surface area contributed by atoms with Crippen molar-refractivity contribution in [2.75, 3.05) is 32.5 Å². The number of hydrogen-bond acceptors (Lipinski definition) is 5. The third-order valence-electron chi connectivity index (χ3n) is 5.63. The van der Waals surface area contributed by atoms with Crippen LogP contribution in [0.15, 0.2) is 36.4 Å². The number of aliphatic hydroxyl groups excluding tert-OH is 1. The average molecular weight is 401 g/mol. The number of halogens is 1. The van der Waals surface area contributed by atoms with Crippen molar-refractivity contribution in [3.05, 3.63) is 58.9 Å². The first-order valence-electron chi connectivity index (χ1n) is 9.79. The van der Waals surface area contributed by atoms with Crippen LogP contribution in [0.1, 0.15) is 40.4 Å². The first kappa shape index (κ1) is 21.1. The lowest BCUT2D eigenvalue weighted by molar-refractivity contribution is 0.0892. The van der Waals surface area contributed by atoms with Gasteiger partial charge in [0.1, 0.15) is 11.6 Å². The second-order valence-electron chi connectivity index (χ2n) is 7.63. The topological polar surface area (TPSA) is 102 Å². The highest BCUT2D eigenvalue weighted by molar-refractivity contribution is 5.96. The van der Waals surface area contributed by atoms with Gasteiger partial charge in [-0.1, -0.05) is 12.1 Å². The van der Waals surface area contributed by atoms with Crippen LogP contribution in [0, 0.1) is 11.7 Å². The Labute approximate surface area is 170 Å². The molecular weight excluding hydrogens is 373 g/mol. The number of methoxy groups -OCH3 is 1.